The van der Waals surface area contributed by atoms with Gasteiger partial charge in [-0.05, 0) is 25.5 Å². The van der Waals surface area contributed by atoms with Crippen molar-refractivity contribution in [1.82, 2.24) is 10.2 Å². The van der Waals surface area contributed by atoms with Crippen molar-refractivity contribution in [2.75, 3.05) is 27.3 Å². The van der Waals surface area contributed by atoms with E-state index in [0.717, 1.165) is 22.7 Å². The summed E-state index contributed by atoms with van der Waals surface area (Å²) in [6, 6.07) is 6.18. The highest BCUT2D eigenvalue weighted by atomic mass is 16.5. The summed E-state index contributed by atoms with van der Waals surface area (Å²) in [4.78, 5) is 7.04. The summed E-state index contributed by atoms with van der Waals surface area (Å²) in [6.45, 7) is 4.68. The summed E-state index contributed by atoms with van der Waals surface area (Å²) in [7, 11) is 4.00. The minimum Gasteiger partial charge on any atom is -0.493 e. The van der Waals surface area contributed by atoms with Crippen molar-refractivity contribution in [2.45, 2.75) is 25.6 Å². The number of hydrogen-bond donors (Lipinski definition) is 2. The maximum atomic E-state index is 9.84. The van der Waals surface area contributed by atoms with Crippen LogP contribution in [0.1, 0.15) is 18.1 Å². The third-order valence-corrected chi connectivity index (χ3v) is 4.44. The van der Waals surface area contributed by atoms with Gasteiger partial charge in [0.25, 0.3) is 0 Å². The second-order valence-corrected chi connectivity index (χ2v) is 6.14. The lowest BCUT2D eigenvalue weighted by Gasteiger charge is -2.41. The standard InChI is InChI=1S/C16H23N3O2/c1-10-6-5-7-13-14(10)16(12(8-20)9-21-13)17-11(2)15(18-16)19(3)4/h5-7,11-12,17,20H,8-9H2,1-4H3. The first-order valence-corrected chi connectivity index (χ1v) is 7.38. The maximum absolute atomic E-state index is 9.84. The molecule has 0 amide bonds. The van der Waals surface area contributed by atoms with Crippen LogP contribution in [0.4, 0.5) is 0 Å². The lowest BCUT2D eigenvalue weighted by Crippen LogP contribution is -2.53. The summed E-state index contributed by atoms with van der Waals surface area (Å²) in [6.07, 6.45) is 0. The van der Waals surface area contributed by atoms with Gasteiger partial charge >= 0.3 is 0 Å². The Morgan fingerprint density at radius 3 is 2.86 bits per heavy atom. The predicted octanol–water partition coefficient (Wildman–Crippen LogP) is 1.10. The van der Waals surface area contributed by atoms with E-state index < -0.39 is 5.66 Å². The number of rotatable bonds is 1. The van der Waals surface area contributed by atoms with Gasteiger partial charge in [0.1, 0.15) is 11.6 Å². The van der Waals surface area contributed by atoms with E-state index in [4.69, 9.17) is 9.73 Å². The van der Waals surface area contributed by atoms with Crippen LogP contribution in [0, 0.1) is 12.8 Å². The monoisotopic (exact) mass is 289 g/mol. The number of aliphatic hydroxyl groups excluding tert-OH is 1. The van der Waals surface area contributed by atoms with E-state index in [1.165, 1.54) is 0 Å². The smallest absolute Gasteiger partial charge is 0.151 e. The highest BCUT2D eigenvalue weighted by Gasteiger charge is 2.51. The van der Waals surface area contributed by atoms with E-state index in [-0.39, 0.29) is 18.6 Å². The molecule has 0 radical (unpaired) electrons. The van der Waals surface area contributed by atoms with Crippen molar-refractivity contribution < 1.29 is 9.84 Å². The predicted molar refractivity (Wildman–Crippen MR) is 82.6 cm³/mol. The van der Waals surface area contributed by atoms with E-state index in [1.807, 2.05) is 31.1 Å². The topological polar surface area (TPSA) is 57.1 Å². The lowest BCUT2D eigenvalue weighted by atomic mass is 9.82. The molecule has 1 spiro atoms. The molecule has 0 aliphatic carbocycles. The van der Waals surface area contributed by atoms with Gasteiger partial charge in [-0.2, -0.15) is 0 Å². The van der Waals surface area contributed by atoms with Crippen LogP contribution >= 0.6 is 0 Å². The number of likely N-dealkylation sites (N-methyl/N-ethyl adjacent to an activating group) is 1. The molecule has 3 atom stereocenters. The molecule has 2 heterocycles. The van der Waals surface area contributed by atoms with Crippen LogP contribution in [0.25, 0.3) is 0 Å². The van der Waals surface area contributed by atoms with Crippen LogP contribution in [0.15, 0.2) is 23.2 Å². The molecule has 1 aromatic rings. The van der Waals surface area contributed by atoms with E-state index in [9.17, 15) is 5.11 Å². The number of nitrogens with one attached hydrogen (secondary N) is 1. The molecule has 3 unspecified atom stereocenters. The van der Waals surface area contributed by atoms with Gasteiger partial charge in [-0.3, -0.25) is 5.32 Å². The Morgan fingerprint density at radius 1 is 1.48 bits per heavy atom. The zero-order valence-corrected chi connectivity index (χ0v) is 13.1. The van der Waals surface area contributed by atoms with E-state index in [0.29, 0.717) is 6.61 Å². The zero-order valence-electron chi connectivity index (χ0n) is 13.1. The third kappa shape index (κ3) is 2.03. The van der Waals surface area contributed by atoms with Crippen molar-refractivity contribution in [2.24, 2.45) is 10.9 Å². The Morgan fingerprint density at radius 2 is 2.24 bits per heavy atom. The number of ether oxygens (including phenoxy) is 1. The molecule has 2 aliphatic rings. The molecular weight excluding hydrogens is 266 g/mol. The van der Waals surface area contributed by atoms with Crippen molar-refractivity contribution >= 4 is 5.84 Å². The molecule has 0 saturated heterocycles. The minimum atomic E-state index is -0.591. The largest absolute Gasteiger partial charge is 0.493 e. The fourth-order valence-electron chi connectivity index (χ4n) is 3.48. The molecule has 2 N–H and O–H groups in total. The summed E-state index contributed by atoms with van der Waals surface area (Å²) in [5.74, 6) is 1.78. The van der Waals surface area contributed by atoms with Crippen LogP contribution in [-0.4, -0.2) is 49.2 Å². The summed E-state index contributed by atoms with van der Waals surface area (Å²) < 4.78 is 5.84. The molecule has 114 valence electrons. The van der Waals surface area contributed by atoms with Crippen molar-refractivity contribution in [3.8, 4) is 5.75 Å². The number of aliphatic imine (C=N–C) groups is 1. The van der Waals surface area contributed by atoms with Gasteiger partial charge in [0.2, 0.25) is 0 Å². The van der Waals surface area contributed by atoms with Gasteiger partial charge in [-0.15, -0.1) is 0 Å². The molecule has 3 rings (SSSR count). The Hall–Kier alpha value is -1.59. The van der Waals surface area contributed by atoms with Gasteiger partial charge in [0.15, 0.2) is 5.66 Å². The van der Waals surface area contributed by atoms with Gasteiger partial charge in [-0.25, -0.2) is 4.99 Å². The molecule has 0 saturated carbocycles. The molecule has 0 fully saturated rings. The normalized spacial score (nSPS) is 30.8. The minimum absolute atomic E-state index is 0.0394. The fraction of sp³-hybridized carbons (Fsp3) is 0.562. The van der Waals surface area contributed by atoms with Crippen LogP contribution in [-0.2, 0) is 5.66 Å². The molecule has 0 aromatic heterocycles. The van der Waals surface area contributed by atoms with Gasteiger partial charge < -0.3 is 14.7 Å². The number of amidine groups is 1. The third-order valence-electron chi connectivity index (χ3n) is 4.44. The number of hydrogen-bond acceptors (Lipinski definition) is 5. The van der Waals surface area contributed by atoms with Gasteiger partial charge in [0, 0.05) is 19.7 Å². The molecule has 1 aromatic carbocycles. The maximum Gasteiger partial charge on any atom is 0.151 e. The first kappa shape index (κ1) is 14.4. The van der Waals surface area contributed by atoms with E-state index in [1.54, 1.807) is 0 Å². The van der Waals surface area contributed by atoms with Gasteiger partial charge in [0.05, 0.1) is 25.2 Å². The fourth-order valence-corrected chi connectivity index (χ4v) is 3.48. The molecule has 21 heavy (non-hydrogen) atoms. The average molecular weight is 289 g/mol. The highest BCUT2D eigenvalue weighted by Crippen LogP contribution is 2.45. The average Bonchev–Trinajstić information content (AvgIpc) is 2.77. The molecule has 2 aliphatic heterocycles. The van der Waals surface area contributed by atoms with E-state index in [2.05, 4.69) is 25.2 Å². The van der Waals surface area contributed by atoms with Gasteiger partial charge in [-0.1, -0.05) is 12.1 Å². The van der Waals surface area contributed by atoms with Crippen LogP contribution in [0.5, 0.6) is 5.75 Å². The first-order chi connectivity index (χ1) is 9.99. The second-order valence-electron chi connectivity index (χ2n) is 6.14. The molecule has 0 bridgehead atoms. The quantitative estimate of drug-likeness (QED) is 0.813. The first-order valence-electron chi connectivity index (χ1n) is 7.38. The number of aryl methyl sites for hydroxylation is 1. The zero-order chi connectivity index (χ0) is 15.2. The van der Waals surface area contributed by atoms with Crippen molar-refractivity contribution in [3.63, 3.8) is 0 Å². The Bertz CT molecular complexity index is 585. The SMILES string of the molecule is Cc1cccc2c1C1(N=C(N(C)C)C(C)N1)C(CO)CO2. The number of benzene rings is 1. The van der Waals surface area contributed by atoms with E-state index >= 15 is 0 Å². The lowest BCUT2D eigenvalue weighted by molar-refractivity contribution is 0.0606. The summed E-state index contributed by atoms with van der Waals surface area (Å²) >= 11 is 0. The van der Waals surface area contributed by atoms with Crippen molar-refractivity contribution in [3.05, 3.63) is 29.3 Å². The summed E-state index contributed by atoms with van der Waals surface area (Å²) in [5.41, 5.74) is 1.60. The number of nitrogens with zero attached hydrogens (tertiary/aromatic N) is 2. The molecular formula is C16H23N3O2. The Labute approximate surface area is 125 Å². The second kappa shape index (κ2) is 5.00. The highest BCUT2D eigenvalue weighted by molar-refractivity contribution is 5.89. The van der Waals surface area contributed by atoms with Crippen LogP contribution in [0.2, 0.25) is 0 Å². The van der Waals surface area contributed by atoms with Crippen molar-refractivity contribution in [1.29, 1.82) is 0 Å². The molecule has 5 heteroatoms. The van der Waals surface area contributed by atoms with Crippen LogP contribution < -0.4 is 10.1 Å². The molecule has 5 nitrogen and oxygen atoms in total. The van der Waals surface area contributed by atoms with Crippen LogP contribution in [0.3, 0.4) is 0 Å². The Kier molecular flexibility index (Phi) is 3.42. The summed E-state index contributed by atoms with van der Waals surface area (Å²) in [5, 5.41) is 13.5. The number of aliphatic hydroxyl groups is 1. The number of fused-ring (bicyclic) bond motifs is 2. The Balaban J connectivity index is 2.20.